The number of para-hydroxylation sites is 2. The highest BCUT2D eigenvalue weighted by Crippen LogP contribution is 2.31. The van der Waals surface area contributed by atoms with Gasteiger partial charge in [-0.15, -0.1) is 0 Å². The van der Waals surface area contributed by atoms with E-state index in [0.29, 0.717) is 24.5 Å². The SMILES string of the molecule is Cc1nc2ccc(C(=O)N(C)CC3COc4ccccc4O3)cc2nc1C. The molecule has 0 radical (unpaired) electrons. The Labute approximate surface area is 157 Å². The third-order valence-electron chi connectivity index (χ3n) is 4.71. The van der Waals surface area contributed by atoms with Gasteiger partial charge < -0.3 is 14.4 Å². The van der Waals surface area contributed by atoms with Crippen molar-refractivity contribution in [2.75, 3.05) is 20.2 Å². The second-order valence-electron chi connectivity index (χ2n) is 6.78. The van der Waals surface area contributed by atoms with E-state index in [9.17, 15) is 4.79 Å². The number of benzene rings is 2. The number of aromatic nitrogens is 2. The van der Waals surface area contributed by atoms with Crippen molar-refractivity contribution in [3.63, 3.8) is 0 Å². The summed E-state index contributed by atoms with van der Waals surface area (Å²) in [6, 6.07) is 13.0. The molecule has 1 aromatic heterocycles. The molecule has 1 unspecified atom stereocenters. The Morgan fingerprint density at radius 1 is 1.07 bits per heavy atom. The molecule has 0 N–H and O–H groups in total. The monoisotopic (exact) mass is 363 g/mol. The molecular weight excluding hydrogens is 342 g/mol. The maximum atomic E-state index is 12.8. The molecule has 1 aliphatic rings. The summed E-state index contributed by atoms with van der Waals surface area (Å²) >= 11 is 0. The van der Waals surface area contributed by atoms with Crippen LogP contribution >= 0.6 is 0 Å². The molecule has 3 aromatic rings. The van der Waals surface area contributed by atoms with Gasteiger partial charge in [0.15, 0.2) is 17.6 Å². The highest BCUT2D eigenvalue weighted by atomic mass is 16.6. The summed E-state index contributed by atoms with van der Waals surface area (Å²) in [5.41, 5.74) is 3.86. The Morgan fingerprint density at radius 2 is 1.78 bits per heavy atom. The lowest BCUT2D eigenvalue weighted by atomic mass is 10.1. The molecule has 27 heavy (non-hydrogen) atoms. The number of carbonyl (C=O) groups is 1. The van der Waals surface area contributed by atoms with Gasteiger partial charge in [0, 0.05) is 12.6 Å². The second-order valence-corrected chi connectivity index (χ2v) is 6.78. The van der Waals surface area contributed by atoms with Crippen LogP contribution in [0.15, 0.2) is 42.5 Å². The number of rotatable bonds is 3. The largest absolute Gasteiger partial charge is 0.486 e. The van der Waals surface area contributed by atoms with E-state index in [-0.39, 0.29) is 12.0 Å². The Balaban J connectivity index is 1.49. The molecule has 2 heterocycles. The Hall–Kier alpha value is -3.15. The van der Waals surface area contributed by atoms with E-state index in [1.807, 2.05) is 44.2 Å². The van der Waals surface area contributed by atoms with Crippen molar-refractivity contribution < 1.29 is 14.3 Å². The molecule has 0 saturated carbocycles. The molecule has 0 bridgehead atoms. The summed E-state index contributed by atoms with van der Waals surface area (Å²) in [7, 11) is 1.77. The molecule has 0 fully saturated rings. The lowest BCUT2D eigenvalue weighted by Gasteiger charge is -2.29. The minimum absolute atomic E-state index is 0.0839. The summed E-state index contributed by atoms with van der Waals surface area (Å²) in [6.07, 6.45) is -0.209. The van der Waals surface area contributed by atoms with Crippen LogP contribution in [0.2, 0.25) is 0 Å². The predicted molar refractivity (Wildman–Crippen MR) is 102 cm³/mol. The number of ether oxygens (including phenoxy) is 2. The Kier molecular flexibility index (Phi) is 4.39. The highest BCUT2D eigenvalue weighted by Gasteiger charge is 2.24. The van der Waals surface area contributed by atoms with Crippen molar-refractivity contribution in [3.8, 4) is 11.5 Å². The van der Waals surface area contributed by atoms with E-state index in [1.165, 1.54) is 0 Å². The van der Waals surface area contributed by atoms with Crippen LogP contribution in [0.5, 0.6) is 11.5 Å². The number of hydrogen-bond acceptors (Lipinski definition) is 5. The zero-order valence-electron chi connectivity index (χ0n) is 15.6. The van der Waals surface area contributed by atoms with E-state index in [1.54, 1.807) is 24.1 Å². The van der Waals surface area contributed by atoms with Crippen LogP contribution < -0.4 is 9.47 Å². The number of carbonyl (C=O) groups excluding carboxylic acids is 1. The van der Waals surface area contributed by atoms with Gasteiger partial charge in [-0.25, -0.2) is 9.97 Å². The van der Waals surface area contributed by atoms with Gasteiger partial charge in [0.25, 0.3) is 5.91 Å². The first kappa shape index (κ1) is 17.3. The van der Waals surface area contributed by atoms with Crippen molar-refractivity contribution in [2.45, 2.75) is 20.0 Å². The first-order valence-corrected chi connectivity index (χ1v) is 8.90. The van der Waals surface area contributed by atoms with Crippen molar-refractivity contribution in [2.24, 2.45) is 0 Å². The first-order valence-electron chi connectivity index (χ1n) is 8.90. The Morgan fingerprint density at radius 3 is 2.56 bits per heavy atom. The van der Waals surface area contributed by atoms with Gasteiger partial charge >= 0.3 is 0 Å². The van der Waals surface area contributed by atoms with Gasteiger partial charge in [-0.05, 0) is 44.2 Å². The van der Waals surface area contributed by atoms with Gasteiger partial charge in [-0.3, -0.25) is 4.79 Å². The quantitative estimate of drug-likeness (QED) is 0.715. The van der Waals surface area contributed by atoms with Crippen LogP contribution in [-0.4, -0.2) is 47.1 Å². The lowest BCUT2D eigenvalue weighted by Crippen LogP contribution is -2.41. The van der Waals surface area contributed by atoms with E-state index in [0.717, 1.165) is 28.2 Å². The smallest absolute Gasteiger partial charge is 0.253 e. The third kappa shape index (κ3) is 3.43. The van der Waals surface area contributed by atoms with Crippen molar-refractivity contribution in [3.05, 3.63) is 59.4 Å². The van der Waals surface area contributed by atoms with Crippen LogP contribution in [0, 0.1) is 13.8 Å². The Bertz CT molecular complexity index is 1020. The van der Waals surface area contributed by atoms with E-state index in [4.69, 9.17) is 9.47 Å². The maximum absolute atomic E-state index is 12.8. The van der Waals surface area contributed by atoms with Gasteiger partial charge in [0.2, 0.25) is 0 Å². The molecule has 0 spiro atoms. The minimum Gasteiger partial charge on any atom is -0.486 e. The van der Waals surface area contributed by atoms with Gasteiger partial charge in [-0.1, -0.05) is 12.1 Å². The molecule has 2 aromatic carbocycles. The number of aryl methyl sites for hydroxylation is 2. The maximum Gasteiger partial charge on any atom is 0.253 e. The van der Waals surface area contributed by atoms with E-state index in [2.05, 4.69) is 9.97 Å². The number of fused-ring (bicyclic) bond motifs is 2. The van der Waals surface area contributed by atoms with Crippen LogP contribution in [0.3, 0.4) is 0 Å². The molecule has 1 atom stereocenters. The van der Waals surface area contributed by atoms with Gasteiger partial charge in [-0.2, -0.15) is 0 Å². The third-order valence-corrected chi connectivity index (χ3v) is 4.71. The molecule has 6 heteroatoms. The average Bonchev–Trinajstić information content (AvgIpc) is 2.68. The van der Waals surface area contributed by atoms with Crippen LogP contribution in [-0.2, 0) is 0 Å². The van der Waals surface area contributed by atoms with Crippen molar-refractivity contribution in [1.82, 2.24) is 14.9 Å². The fourth-order valence-corrected chi connectivity index (χ4v) is 3.13. The van der Waals surface area contributed by atoms with Crippen LogP contribution in [0.1, 0.15) is 21.7 Å². The number of likely N-dealkylation sites (N-methyl/N-ethyl adjacent to an activating group) is 1. The molecule has 6 nitrogen and oxygen atoms in total. The average molecular weight is 363 g/mol. The van der Waals surface area contributed by atoms with Gasteiger partial charge in [0.1, 0.15) is 6.61 Å². The fraction of sp³-hybridized carbons (Fsp3) is 0.286. The first-order chi connectivity index (χ1) is 13.0. The standard InChI is InChI=1S/C21H21N3O3/c1-13-14(2)23-18-10-15(8-9-17(18)22-13)21(25)24(3)11-16-12-26-19-6-4-5-7-20(19)27-16/h4-10,16H,11-12H2,1-3H3. The molecule has 0 aliphatic carbocycles. The normalized spacial score (nSPS) is 15.6. The summed E-state index contributed by atoms with van der Waals surface area (Å²) in [5.74, 6) is 1.36. The molecule has 1 amide bonds. The van der Waals surface area contributed by atoms with Crippen LogP contribution in [0.4, 0.5) is 0 Å². The number of amides is 1. The minimum atomic E-state index is -0.209. The zero-order valence-corrected chi connectivity index (χ0v) is 15.6. The molecule has 1 aliphatic heterocycles. The van der Waals surface area contributed by atoms with Crippen molar-refractivity contribution in [1.29, 1.82) is 0 Å². The molecule has 4 rings (SSSR count). The lowest BCUT2D eigenvalue weighted by molar-refractivity contribution is 0.0521. The number of nitrogens with zero attached hydrogens (tertiary/aromatic N) is 3. The molecule has 0 saturated heterocycles. The van der Waals surface area contributed by atoms with E-state index >= 15 is 0 Å². The second kappa shape index (κ2) is 6.87. The summed E-state index contributed by atoms with van der Waals surface area (Å²) in [6.45, 7) is 4.69. The molecule has 138 valence electrons. The highest BCUT2D eigenvalue weighted by molar-refractivity contribution is 5.97. The summed E-state index contributed by atoms with van der Waals surface area (Å²) < 4.78 is 11.7. The van der Waals surface area contributed by atoms with Gasteiger partial charge in [0.05, 0.1) is 29.0 Å². The zero-order chi connectivity index (χ0) is 19.0. The van der Waals surface area contributed by atoms with E-state index < -0.39 is 0 Å². The number of hydrogen-bond donors (Lipinski definition) is 0. The summed E-state index contributed by atoms with van der Waals surface area (Å²) in [5, 5.41) is 0. The molecular formula is C21H21N3O3. The predicted octanol–water partition coefficient (Wildman–Crippen LogP) is 3.16. The summed E-state index contributed by atoms with van der Waals surface area (Å²) in [4.78, 5) is 23.5. The topological polar surface area (TPSA) is 64.6 Å². The van der Waals surface area contributed by atoms with Crippen molar-refractivity contribution >= 4 is 16.9 Å². The fourth-order valence-electron chi connectivity index (χ4n) is 3.13. The van der Waals surface area contributed by atoms with Crippen LogP contribution in [0.25, 0.3) is 11.0 Å².